The van der Waals surface area contributed by atoms with Gasteiger partial charge in [0, 0.05) is 25.4 Å². The molecule has 1 aliphatic heterocycles. The number of para-hydroxylation sites is 1. The van der Waals surface area contributed by atoms with Gasteiger partial charge in [0.25, 0.3) is 0 Å². The van der Waals surface area contributed by atoms with Crippen molar-refractivity contribution in [3.05, 3.63) is 59.4 Å². The molecule has 13 heteroatoms. The Kier molecular flexibility index (Phi) is 8.85. The molecule has 1 aromatic carbocycles. The van der Waals surface area contributed by atoms with Crippen LogP contribution in [0, 0.1) is 0 Å². The number of halogens is 3. The van der Waals surface area contributed by atoms with Crippen molar-refractivity contribution in [3.8, 4) is 5.75 Å². The van der Waals surface area contributed by atoms with Gasteiger partial charge in [-0.15, -0.1) is 0 Å². The number of ether oxygens (including phenoxy) is 3. The minimum absolute atomic E-state index is 0.0378. The van der Waals surface area contributed by atoms with Gasteiger partial charge >= 0.3 is 25.2 Å². The molecule has 1 aliphatic rings. The molecule has 34 heavy (non-hydrogen) atoms. The summed E-state index contributed by atoms with van der Waals surface area (Å²) in [4.78, 5) is 28.1. The lowest BCUT2D eigenvalue weighted by molar-refractivity contribution is -0.138. The first-order chi connectivity index (χ1) is 16.2. The Morgan fingerprint density at radius 2 is 2.00 bits per heavy atom. The highest BCUT2D eigenvalue weighted by Crippen LogP contribution is 2.30. The number of nitrogens with one attached hydrogen (secondary N) is 1. The number of rotatable bonds is 10. The number of nitrogens with zero attached hydrogens (tertiary/aromatic N) is 1. The van der Waals surface area contributed by atoms with E-state index in [2.05, 4.69) is 10.3 Å². The number of hydrogen-bond donors (Lipinski definition) is 2. The summed E-state index contributed by atoms with van der Waals surface area (Å²) in [6, 6.07) is 7.79. The van der Waals surface area contributed by atoms with Crippen molar-refractivity contribution in [2.45, 2.75) is 31.4 Å². The van der Waals surface area contributed by atoms with Gasteiger partial charge < -0.3 is 23.9 Å². The highest BCUT2D eigenvalue weighted by molar-refractivity contribution is 6.46. The standard InChI is InChI=1S/C21H22BF3N2O7/c23-21(24,25)7-3-9-31-12-27-17-10-14-4-1-6-16(18(14)34-22(17)30)20(29)33-13-32-19(28)15-5-2-8-26-11-15/h1-2,4-6,8,11,17,27,30H,3,7,9-10,12-13H2/t17-/m0/s1. The summed E-state index contributed by atoms with van der Waals surface area (Å²) in [5.74, 6) is -2.01. The van der Waals surface area contributed by atoms with Gasteiger partial charge in [-0.3, -0.25) is 10.3 Å². The maximum absolute atomic E-state index is 12.5. The molecule has 0 amide bonds. The normalized spacial score (nSPS) is 15.3. The molecule has 0 saturated heterocycles. The summed E-state index contributed by atoms with van der Waals surface area (Å²) < 4.78 is 56.9. The molecule has 0 saturated carbocycles. The van der Waals surface area contributed by atoms with E-state index in [1.807, 2.05) is 0 Å². The first kappa shape index (κ1) is 25.5. The summed E-state index contributed by atoms with van der Waals surface area (Å²) in [7, 11) is -1.34. The average molecular weight is 482 g/mol. The highest BCUT2D eigenvalue weighted by atomic mass is 19.4. The summed E-state index contributed by atoms with van der Waals surface area (Å²) >= 11 is 0. The second-order valence-electron chi connectivity index (χ2n) is 7.31. The first-order valence-corrected chi connectivity index (χ1v) is 10.3. The van der Waals surface area contributed by atoms with Gasteiger partial charge in [-0.1, -0.05) is 12.1 Å². The fourth-order valence-corrected chi connectivity index (χ4v) is 3.15. The number of carbonyl (C=O) groups is 2. The molecule has 0 aliphatic carbocycles. The van der Waals surface area contributed by atoms with Crippen molar-refractivity contribution >= 4 is 19.1 Å². The molecule has 3 rings (SSSR count). The largest absolute Gasteiger partial charge is 0.541 e. The summed E-state index contributed by atoms with van der Waals surface area (Å²) in [5, 5.41) is 13.2. The van der Waals surface area contributed by atoms with Crippen LogP contribution in [0.4, 0.5) is 13.2 Å². The minimum Gasteiger partial charge on any atom is -0.534 e. The quantitative estimate of drug-likeness (QED) is 0.228. The van der Waals surface area contributed by atoms with E-state index in [1.54, 1.807) is 18.2 Å². The Hall–Kier alpha value is -3.16. The predicted octanol–water partition coefficient (Wildman–Crippen LogP) is 2.28. The van der Waals surface area contributed by atoms with E-state index < -0.39 is 44.4 Å². The van der Waals surface area contributed by atoms with Crippen LogP contribution in [-0.4, -0.2) is 61.3 Å². The van der Waals surface area contributed by atoms with Crippen LogP contribution in [0.25, 0.3) is 0 Å². The summed E-state index contributed by atoms with van der Waals surface area (Å²) in [5.41, 5.74) is 0.836. The van der Waals surface area contributed by atoms with E-state index in [0.717, 1.165) is 0 Å². The molecule has 9 nitrogen and oxygen atoms in total. The number of carbonyl (C=O) groups excluding carboxylic acids is 2. The molecular formula is C21H22BF3N2O7. The average Bonchev–Trinajstić information content (AvgIpc) is 2.80. The number of alkyl halides is 3. The number of benzene rings is 1. The zero-order valence-corrected chi connectivity index (χ0v) is 17.9. The maximum Gasteiger partial charge on any atom is 0.541 e. The van der Waals surface area contributed by atoms with E-state index in [4.69, 9.17) is 18.9 Å². The monoisotopic (exact) mass is 482 g/mol. The third-order valence-corrected chi connectivity index (χ3v) is 4.81. The molecule has 0 bridgehead atoms. The Labute approximate surface area is 193 Å². The fourth-order valence-electron chi connectivity index (χ4n) is 3.15. The zero-order chi connectivity index (χ0) is 24.6. The molecule has 1 aromatic heterocycles. The lowest BCUT2D eigenvalue weighted by atomic mass is 9.72. The Morgan fingerprint density at radius 1 is 1.21 bits per heavy atom. The molecule has 0 unspecified atom stereocenters. The molecular weight excluding hydrogens is 460 g/mol. The van der Waals surface area contributed by atoms with Gasteiger partial charge in [0.15, 0.2) is 0 Å². The van der Waals surface area contributed by atoms with Gasteiger partial charge in [0.2, 0.25) is 6.79 Å². The SMILES string of the molecule is O=C(OCOC(=O)c1cccc2c1OB(O)[C@@H](NCOCCCC(F)(F)F)C2)c1cccnc1. The van der Waals surface area contributed by atoms with Crippen LogP contribution in [0.5, 0.6) is 5.75 Å². The van der Waals surface area contributed by atoms with Crippen LogP contribution in [0.1, 0.15) is 39.1 Å². The molecule has 0 spiro atoms. The topological polar surface area (TPSA) is 116 Å². The third kappa shape index (κ3) is 7.44. The van der Waals surface area contributed by atoms with E-state index >= 15 is 0 Å². The number of pyridine rings is 1. The molecule has 0 radical (unpaired) electrons. The van der Waals surface area contributed by atoms with Crippen LogP contribution in [0.3, 0.4) is 0 Å². The Morgan fingerprint density at radius 3 is 2.74 bits per heavy atom. The molecule has 2 aromatic rings. The second-order valence-corrected chi connectivity index (χ2v) is 7.31. The number of hydrogen-bond acceptors (Lipinski definition) is 9. The van der Waals surface area contributed by atoms with Gasteiger partial charge in [0.05, 0.1) is 18.2 Å². The van der Waals surface area contributed by atoms with Crippen molar-refractivity contribution in [1.82, 2.24) is 10.3 Å². The number of aromatic nitrogens is 1. The predicted molar refractivity (Wildman–Crippen MR) is 112 cm³/mol. The molecule has 1 atom stereocenters. The number of fused-ring (bicyclic) bond motifs is 1. The van der Waals surface area contributed by atoms with Crippen LogP contribution in [0.2, 0.25) is 0 Å². The van der Waals surface area contributed by atoms with Crippen molar-refractivity contribution in [2.24, 2.45) is 0 Å². The van der Waals surface area contributed by atoms with E-state index in [9.17, 15) is 27.8 Å². The molecule has 2 N–H and O–H groups in total. The van der Waals surface area contributed by atoms with E-state index in [1.165, 1.54) is 24.5 Å². The van der Waals surface area contributed by atoms with Crippen LogP contribution in [0.15, 0.2) is 42.7 Å². The molecule has 0 fully saturated rings. The van der Waals surface area contributed by atoms with Crippen molar-refractivity contribution in [1.29, 1.82) is 0 Å². The zero-order valence-electron chi connectivity index (χ0n) is 17.9. The minimum atomic E-state index is -4.23. The lowest BCUT2D eigenvalue weighted by Gasteiger charge is -2.29. The Bertz CT molecular complexity index is 979. The van der Waals surface area contributed by atoms with Gasteiger partial charge in [-0.25, -0.2) is 9.59 Å². The Balaban J connectivity index is 1.48. The van der Waals surface area contributed by atoms with Crippen molar-refractivity contribution in [2.75, 3.05) is 20.1 Å². The van der Waals surface area contributed by atoms with E-state index in [0.29, 0.717) is 5.56 Å². The maximum atomic E-state index is 12.5. The molecule has 182 valence electrons. The van der Waals surface area contributed by atoms with E-state index in [-0.39, 0.29) is 43.1 Å². The third-order valence-electron chi connectivity index (χ3n) is 4.81. The van der Waals surface area contributed by atoms with Crippen LogP contribution in [-0.2, 0) is 20.6 Å². The molecule has 2 heterocycles. The first-order valence-electron chi connectivity index (χ1n) is 10.3. The van der Waals surface area contributed by atoms with Crippen LogP contribution >= 0.6 is 0 Å². The second kappa shape index (κ2) is 11.8. The van der Waals surface area contributed by atoms with Gasteiger partial charge in [-0.05, 0) is 36.6 Å². The van der Waals surface area contributed by atoms with Crippen molar-refractivity contribution < 1.29 is 46.6 Å². The smallest absolute Gasteiger partial charge is 0.534 e. The lowest BCUT2D eigenvalue weighted by Crippen LogP contribution is -2.51. The summed E-state index contributed by atoms with van der Waals surface area (Å²) in [6.07, 6.45) is -2.26. The fraction of sp³-hybridized carbons (Fsp3) is 0.381. The van der Waals surface area contributed by atoms with Crippen LogP contribution < -0.4 is 9.97 Å². The number of esters is 2. The highest BCUT2D eigenvalue weighted by Gasteiger charge is 2.36. The summed E-state index contributed by atoms with van der Waals surface area (Å²) in [6.45, 7) is -0.801. The van der Waals surface area contributed by atoms with Crippen molar-refractivity contribution in [3.63, 3.8) is 0 Å². The van der Waals surface area contributed by atoms with Gasteiger partial charge in [0.1, 0.15) is 11.3 Å². The van der Waals surface area contributed by atoms with Gasteiger partial charge in [-0.2, -0.15) is 13.2 Å².